The van der Waals surface area contributed by atoms with Crippen molar-refractivity contribution in [2.75, 3.05) is 4.90 Å². The van der Waals surface area contributed by atoms with Crippen LogP contribution in [-0.2, 0) is 16.2 Å². The molecule has 8 rings (SSSR count). The predicted molar refractivity (Wildman–Crippen MR) is 208 cm³/mol. The molecule has 0 spiro atoms. The van der Waals surface area contributed by atoms with Gasteiger partial charge < -0.3 is 4.90 Å². The first-order valence-electron chi connectivity index (χ1n) is 16.8. The maximum absolute atomic E-state index is 3.75. The number of rotatable bonds is 3. The van der Waals surface area contributed by atoms with Crippen LogP contribution in [0.5, 0.6) is 0 Å². The zero-order chi connectivity index (χ0) is 33.0. The standard InChI is InChI=1S/C44H41BBrN/c1-42(2,3)26-12-17-29(18-13-26)47(30-19-14-27(45)15-20-30)40-25-39-41(33-11-9-8-10-32(33)40)35-24-37-34(23-38(35)44(39,6)7)31-21-16-28(46)22-36(31)43(37,4)5/h8-25H,45H2,1-7H3. The van der Waals surface area contributed by atoms with Crippen LogP contribution < -0.4 is 10.4 Å². The van der Waals surface area contributed by atoms with Crippen LogP contribution >= 0.6 is 15.9 Å². The smallest absolute Gasteiger partial charge is 0.139 e. The molecule has 0 radical (unpaired) electrons. The molecular weight excluding hydrogens is 633 g/mol. The number of hydrogen-bond acceptors (Lipinski definition) is 1. The van der Waals surface area contributed by atoms with Gasteiger partial charge >= 0.3 is 0 Å². The first-order chi connectivity index (χ1) is 22.3. The minimum absolute atomic E-state index is 0.0758. The molecule has 2 aliphatic rings. The van der Waals surface area contributed by atoms with Gasteiger partial charge in [0.1, 0.15) is 7.85 Å². The van der Waals surface area contributed by atoms with Gasteiger partial charge in [0, 0.05) is 32.1 Å². The maximum atomic E-state index is 3.75. The SMILES string of the molecule is Bc1ccc(N(c2ccc(C(C)(C)C)cc2)c2cc3c(c4ccccc24)-c2cc4c(cc2C3(C)C)-c2ccc(Br)cc2C4(C)C)cc1. The topological polar surface area (TPSA) is 3.24 Å². The Hall–Kier alpha value is -4.08. The number of anilines is 3. The van der Waals surface area contributed by atoms with Crippen molar-refractivity contribution in [1.82, 2.24) is 0 Å². The molecule has 0 fully saturated rings. The number of benzene rings is 6. The van der Waals surface area contributed by atoms with E-state index in [0.29, 0.717) is 0 Å². The average Bonchev–Trinajstić information content (AvgIpc) is 3.39. The van der Waals surface area contributed by atoms with Gasteiger partial charge in [-0.3, -0.25) is 0 Å². The van der Waals surface area contributed by atoms with E-state index in [1.54, 1.807) is 0 Å². The Bertz CT molecular complexity index is 2230. The van der Waals surface area contributed by atoms with Crippen LogP contribution in [-0.4, -0.2) is 7.85 Å². The highest BCUT2D eigenvalue weighted by atomic mass is 79.9. The Morgan fingerprint density at radius 1 is 0.574 bits per heavy atom. The summed E-state index contributed by atoms with van der Waals surface area (Å²) in [5, 5.41) is 2.58. The molecule has 0 aromatic heterocycles. The quantitative estimate of drug-likeness (QED) is 0.169. The maximum Gasteiger partial charge on any atom is 0.139 e. The van der Waals surface area contributed by atoms with Crippen molar-refractivity contribution in [3.63, 3.8) is 0 Å². The zero-order valence-electron chi connectivity index (χ0n) is 28.7. The molecule has 0 N–H and O–H groups in total. The molecule has 0 atom stereocenters. The average molecular weight is 675 g/mol. The fourth-order valence-corrected chi connectivity index (χ4v) is 8.54. The van der Waals surface area contributed by atoms with E-state index in [9.17, 15) is 0 Å². The van der Waals surface area contributed by atoms with E-state index in [-0.39, 0.29) is 16.2 Å². The van der Waals surface area contributed by atoms with Gasteiger partial charge in [0.25, 0.3) is 0 Å². The van der Waals surface area contributed by atoms with E-state index in [1.807, 2.05) is 0 Å². The Kier molecular flexibility index (Phi) is 6.58. The Balaban J connectivity index is 1.39. The summed E-state index contributed by atoms with van der Waals surface area (Å²) in [4.78, 5) is 2.46. The number of halogens is 1. The molecule has 0 amide bonds. The molecular formula is C44H41BBrN. The van der Waals surface area contributed by atoms with Crippen LogP contribution in [0.3, 0.4) is 0 Å². The third kappa shape index (κ3) is 4.50. The van der Waals surface area contributed by atoms with E-state index in [1.165, 1.54) is 83.4 Å². The van der Waals surface area contributed by atoms with Gasteiger partial charge in [0.2, 0.25) is 0 Å². The predicted octanol–water partition coefficient (Wildman–Crippen LogP) is 11.2. The third-order valence-electron chi connectivity index (χ3n) is 10.9. The van der Waals surface area contributed by atoms with Crippen LogP contribution in [0.25, 0.3) is 33.0 Å². The molecule has 0 saturated carbocycles. The zero-order valence-corrected chi connectivity index (χ0v) is 30.3. The third-order valence-corrected chi connectivity index (χ3v) is 11.4. The summed E-state index contributed by atoms with van der Waals surface area (Å²) in [7, 11) is 2.16. The summed E-state index contributed by atoms with van der Waals surface area (Å²) >= 11 is 3.75. The lowest BCUT2D eigenvalue weighted by Crippen LogP contribution is -2.18. The van der Waals surface area contributed by atoms with Gasteiger partial charge in [-0.05, 0) is 115 Å². The van der Waals surface area contributed by atoms with Crippen LogP contribution in [0.15, 0.2) is 114 Å². The van der Waals surface area contributed by atoms with Crippen molar-refractivity contribution in [2.45, 2.75) is 64.7 Å². The lowest BCUT2D eigenvalue weighted by molar-refractivity contribution is 0.590. The van der Waals surface area contributed by atoms with Gasteiger partial charge in [-0.2, -0.15) is 0 Å². The van der Waals surface area contributed by atoms with Gasteiger partial charge in [-0.15, -0.1) is 0 Å². The fourth-order valence-electron chi connectivity index (χ4n) is 8.18. The molecule has 6 aromatic carbocycles. The van der Waals surface area contributed by atoms with Crippen LogP contribution in [0.1, 0.15) is 76.3 Å². The van der Waals surface area contributed by atoms with Crippen molar-refractivity contribution >= 4 is 57.1 Å². The lowest BCUT2D eigenvalue weighted by atomic mass is 9.79. The molecule has 0 saturated heterocycles. The summed E-state index contributed by atoms with van der Waals surface area (Å²) in [6.07, 6.45) is 0. The van der Waals surface area contributed by atoms with Crippen molar-refractivity contribution in [3.8, 4) is 22.3 Å². The van der Waals surface area contributed by atoms with Crippen LogP contribution in [0.4, 0.5) is 17.1 Å². The molecule has 1 nitrogen and oxygen atoms in total. The molecule has 6 aromatic rings. The molecule has 2 aliphatic carbocycles. The van der Waals surface area contributed by atoms with Crippen molar-refractivity contribution < 1.29 is 0 Å². The van der Waals surface area contributed by atoms with Crippen molar-refractivity contribution in [1.29, 1.82) is 0 Å². The van der Waals surface area contributed by atoms with E-state index >= 15 is 0 Å². The second-order valence-corrected chi connectivity index (χ2v) is 16.6. The Morgan fingerprint density at radius 2 is 1.13 bits per heavy atom. The fraction of sp³-hybridized carbons (Fsp3) is 0.227. The van der Waals surface area contributed by atoms with Gasteiger partial charge in [0.15, 0.2) is 0 Å². The summed E-state index contributed by atoms with van der Waals surface area (Å²) < 4.78 is 1.14. The minimum atomic E-state index is -0.171. The van der Waals surface area contributed by atoms with Gasteiger partial charge in [-0.25, -0.2) is 0 Å². The van der Waals surface area contributed by atoms with E-state index in [0.717, 1.165) is 4.47 Å². The summed E-state index contributed by atoms with van der Waals surface area (Å²) in [5.41, 5.74) is 17.1. The minimum Gasteiger partial charge on any atom is -0.310 e. The largest absolute Gasteiger partial charge is 0.310 e. The van der Waals surface area contributed by atoms with Crippen molar-refractivity contribution in [3.05, 3.63) is 141 Å². The monoisotopic (exact) mass is 673 g/mol. The van der Waals surface area contributed by atoms with E-state index in [2.05, 4.69) is 186 Å². The van der Waals surface area contributed by atoms with E-state index < -0.39 is 0 Å². The highest BCUT2D eigenvalue weighted by Crippen LogP contribution is 2.59. The molecule has 232 valence electrons. The number of fused-ring (bicyclic) bond motifs is 8. The number of hydrogen-bond donors (Lipinski definition) is 0. The van der Waals surface area contributed by atoms with E-state index in [4.69, 9.17) is 0 Å². The molecule has 0 unspecified atom stereocenters. The summed E-state index contributed by atoms with van der Waals surface area (Å²) in [6.45, 7) is 16.4. The highest BCUT2D eigenvalue weighted by Gasteiger charge is 2.43. The number of nitrogens with zero attached hydrogens (tertiary/aromatic N) is 1. The molecule has 0 bridgehead atoms. The van der Waals surface area contributed by atoms with Gasteiger partial charge in [0.05, 0.1) is 5.69 Å². The van der Waals surface area contributed by atoms with Crippen LogP contribution in [0, 0.1) is 0 Å². The normalized spacial score (nSPS) is 15.2. The second kappa shape index (κ2) is 10.2. The molecule has 3 heteroatoms. The second-order valence-electron chi connectivity index (χ2n) is 15.7. The first-order valence-corrected chi connectivity index (χ1v) is 17.6. The van der Waals surface area contributed by atoms with Crippen LogP contribution in [0.2, 0.25) is 0 Å². The lowest BCUT2D eigenvalue weighted by Gasteiger charge is -2.30. The summed E-state index contributed by atoms with van der Waals surface area (Å²) in [6, 6.07) is 41.5. The Morgan fingerprint density at radius 3 is 1.79 bits per heavy atom. The van der Waals surface area contributed by atoms with Gasteiger partial charge in [-0.1, -0.05) is 124 Å². The molecule has 0 aliphatic heterocycles. The van der Waals surface area contributed by atoms with Crippen molar-refractivity contribution in [2.24, 2.45) is 0 Å². The first kappa shape index (κ1) is 30.3. The molecule has 0 heterocycles. The molecule has 47 heavy (non-hydrogen) atoms. The highest BCUT2D eigenvalue weighted by molar-refractivity contribution is 9.10. The Labute approximate surface area is 289 Å². The summed E-state index contributed by atoms with van der Waals surface area (Å²) in [5.74, 6) is 0.